The van der Waals surface area contributed by atoms with Crippen LogP contribution in [0, 0.1) is 0 Å². The van der Waals surface area contributed by atoms with Crippen molar-refractivity contribution in [2.45, 2.75) is 37.8 Å². The lowest BCUT2D eigenvalue weighted by Crippen LogP contribution is -2.65. The molecule has 0 bridgehead atoms. The van der Waals surface area contributed by atoms with Crippen molar-refractivity contribution in [3.8, 4) is 0 Å². The molecule has 1 aromatic heterocycles. The van der Waals surface area contributed by atoms with E-state index < -0.39 is 5.54 Å². The van der Waals surface area contributed by atoms with Crippen LogP contribution in [0.3, 0.4) is 0 Å². The molecular weight excluding hydrogens is 244 g/mol. The van der Waals surface area contributed by atoms with Crippen LogP contribution in [0.1, 0.15) is 31.4 Å². The van der Waals surface area contributed by atoms with Gasteiger partial charge in [0.15, 0.2) is 0 Å². The molecule has 0 atom stereocenters. The molecule has 1 aliphatic heterocycles. The Kier molecular flexibility index (Phi) is 2.80. The van der Waals surface area contributed by atoms with E-state index in [-0.39, 0.29) is 18.4 Å². The van der Waals surface area contributed by atoms with E-state index in [2.05, 4.69) is 10.4 Å². The summed E-state index contributed by atoms with van der Waals surface area (Å²) in [7, 11) is 1.84. The summed E-state index contributed by atoms with van der Waals surface area (Å²) in [4.78, 5) is 26.1. The van der Waals surface area contributed by atoms with Crippen molar-refractivity contribution < 1.29 is 9.59 Å². The lowest BCUT2D eigenvalue weighted by Gasteiger charge is -2.39. The molecule has 2 aliphatic rings. The van der Waals surface area contributed by atoms with Gasteiger partial charge in [-0.2, -0.15) is 5.10 Å². The van der Waals surface area contributed by atoms with E-state index in [0.29, 0.717) is 6.54 Å². The van der Waals surface area contributed by atoms with Gasteiger partial charge in [0, 0.05) is 13.2 Å². The van der Waals surface area contributed by atoms with Crippen LogP contribution in [-0.4, -0.2) is 38.6 Å². The summed E-state index contributed by atoms with van der Waals surface area (Å²) in [5, 5.41) is 7.18. The first-order valence-electron chi connectivity index (χ1n) is 6.68. The third kappa shape index (κ3) is 2.11. The summed E-state index contributed by atoms with van der Waals surface area (Å²) in [5.41, 5.74) is 0.183. The Morgan fingerprint density at radius 3 is 2.74 bits per heavy atom. The molecule has 1 spiro atoms. The summed E-state index contributed by atoms with van der Waals surface area (Å²) in [6, 6.07) is 1.88. The molecule has 6 heteroatoms. The van der Waals surface area contributed by atoms with Crippen LogP contribution in [0.15, 0.2) is 12.3 Å². The first-order valence-corrected chi connectivity index (χ1v) is 6.68. The molecule has 2 fully saturated rings. The van der Waals surface area contributed by atoms with Crippen molar-refractivity contribution in [1.29, 1.82) is 0 Å². The molecule has 1 saturated heterocycles. The van der Waals surface area contributed by atoms with Gasteiger partial charge in [-0.1, -0.05) is 12.8 Å². The smallest absolute Gasteiger partial charge is 0.249 e. The van der Waals surface area contributed by atoms with Crippen LogP contribution in [0.25, 0.3) is 0 Å². The Morgan fingerprint density at radius 1 is 1.37 bits per heavy atom. The highest BCUT2D eigenvalue weighted by molar-refractivity contribution is 5.98. The van der Waals surface area contributed by atoms with E-state index in [1.807, 2.05) is 19.3 Å². The quantitative estimate of drug-likeness (QED) is 0.827. The minimum Gasteiger partial charge on any atom is -0.340 e. The second-order valence-corrected chi connectivity index (χ2v) is 5.48. The molecule has 0 radical (unpaired) electrons. The van der Waals surface area contributed by atoms with Gasteiger partial charge in [0.1, 0.15) is 12.1 Å². The van der Waals surface area contributed by atoms with Crippen molar-refractivity contribution >= 4 is 11.8 Å². The van der Waals surface area contributed by atoms with Crippen molar-refractivity contribution in [2.75, 3.05) is 6.54 Å². The molecule has 1 N–H and O–H groups in total. The van der Waals surface area contributed by atoms with E-state index >= 15 is 0 Å². The van der Waals surface area contributed by atoms with E-state index in [0.717, 1.165) is 31.4 Å². The van der Waals surface area contributed by atoms with Gasteiger partial charge in [0.25, 0.3) is 0 Å². The first-order chi connectivity index (χ1) is 9.09. The topological polar surface area (TPSA) is 67.2 Å². The highest BCUT2D eigenvalue weighted by Crippen LogP contribution is 2.33. The lowest BCUT2D eigenvalue weighted by molar-refractivity contribution is -0.150. The van der Waals surface area contributed by atoms with E-state index in [1.165, 1.54) is 0 Å². The van der Waals surface area contributed by atoms with Gasteiger partial charge in [0.05, 0.1) is 12.2 Å². The number of hydrogen-bond donors (Lipinski definition) is 1. The molecule has 0 aromatic carbocycles. The van der Waals surface area contributed by atoms with Crippen molar-refractivity contribution in [2.24, 2.45) is 7.05 Å². The Bertz CT molecular complexity index is 516. The van der Waals surface area contributed by atoms with Crippen LogP contribution >= 0.6 is 0 Å². The first kappa shape index (κ1) is 12.2. The second-order valence-electron chi connectivity index (χ2n) is 5.48. The molecule has 2 heterocycles. The third-order valence-electron chi connectivity index (χ3n) is 3.99. The minimum absolute atomic E-state index is 0.0512. The molecule has 1 aromatic rings. The SMILES string of the molecule is Cn1ccc(CN2CC(=O)NC3(CCCC3)C2=O)n1. The van der Waals surface area contributed by atoms with Crippen molar-refractivity contribution in [1.82, 2.24) is 20.0 Å². The number of carbonyl (C=O) groups is 2. The molecule has 1 aliphatic carbocycles. The zero-order valence-electron chi connectivity index (χ0n) is 11.1. The number of carbonyl (C=O) groups excluding carboxylic acids is 2. The van der Waals surface area contributed by atoms with Crippen molar-refractivity contribution in [3.05, 3.63) is 18.0 Å². The molecule has 1 saturated carbocycles. The van der Waals surface area contributed by atoms with Gasteiger partial charge < -0.3 is 10.2 Å². The normalized spacial score (nSPS) is 22.1. The van der Waals surface area contributed by atoms with E-state index in [4.69, 9.17) is 0 Å². The molecule has 3 rings (SSSR count). The van der Waals surface area contributed by atoms with Crippen LogP contribution in [0.4, 0.5) is 0 Å². The summed E-state index contributed by atoms with van der Waals surface area (Å²) < 4.78 is 1.70. The maximum Gasteiger partial charge on any atom is 0.249 e. The molecule has 0 unspecified atom stereocenters. The largest absolute Gasteiger partial charge is 0.340 e. The van der Waals surface area contributed by atoms with Gasteiger partial charge in [0.2, 0.25) is 11.8 Å². The second kappa shape index (κ2) is 4.36. The zero-order valence-corrected chi connectivity index (χ0v) is 11.1. The average molecular weight is 262 g/mol. The van der Waals surface area contributed by atoms with Gasteiger partial charge >= 0.3 is 0 Å². The van der Waals surface area contributed by atoms with E-state index in [9.17, 15) is 9.59 Å². The highest BCUT2D eigenvalue weighted by Gasteiger charge is 2.48. The van der Waals surface area contributed by atoms with Gasteiger partial charge in [-0.15, -0.1) is 0 Å². The highest BCUT2D eigenvalue weighted by atomic mass is 16.2. The Hall–Kier alpha value is -1.85. The Labute approximate surface area is 111 Å². The predicted molar refractivity (Wildman–Crippen MR) is 68.0 cm³/mol. The third-order valence-corrected chi connectivity index (χ3v) is 3.99. The van der Waals surface area contributed by atoms with Crippen LogP contribution in [-0.2, 0) is 23.2 Å². The maximum absolute atomic E-state index is 12.6. The van der Waals surface area contributed by atoms with Gasteiger partial charge in [-0.05, 0) is 18.9 Å². The number of rotatable bonds is 2. The van der Waals surface area contributed by atoms with Crippen LogP contribution in [0.5, 0.6) is 0 Å². The molecule has 19 heavy (non-hydrogen) atoms. The van der Waals surface area contributed by atoms with Crippen LogP contribution in [0.2, 0.25) is 0 Å². The summed E-state index contributed by atoms with van der Waals surface area (Å²) in [6.45, 7) is 0.548. The van der Waals surface area contributed by atoms with Gasteiger partial charge in [-0.3, -0.25) is 14.3 Å². The number of aryl methyl sites for hydroxylation is 1. The van der Waals surface area contributed by atoms with Crippen LogP contribution < -0.4 is 5.32 Å². The number of aromatic nitrogens is 2. The molecule has 6 nitrogen and oxygen atoms in total. The number of amides is 2. The van der Waals surface area contributed by atoms with E-state index in [1.54, 1.807) is 9.58 Å². The zero-order chi connectivity index (χ0) is 13.5. The fourth-order valence-electron chi connectivity index (χ4n) is 3.10. The minimum atomic E-state index is -0.635. The average Bonchev–Trinajstić information content (AvgIpc) is 2.96. The number of hydrogen-bond acceptors (Lipinski definition) is 3. The number of piperazine rings is 1. The molecule has 2 amide bonds. The molecule has 102 valence electrons. The maximum atomic E-state index is 12.6. The Morgan fingerprint density at radius 2 is 2.11 bits per heavy atom. The Balaban J connectivity index is 1.80. The standard InChI is InChI=1S/C13H18N4O2/c1-16-7-4-10(15-16)8-17-9-11(18)14-13(12(17)19)5-2-3-6-13/h4,7H,2-3,5-6,8-9H2,1H3,(H,14,18). The van der Waals surface area contributed by atoms with Crippen molar-refractivity contribution in [3.63, 3.8) is 0 Å². The summed E-state index contributed by atoms with van der Waals surface area (Å²) >= 11 is 0. The number of nitrogens with one attached hydrogen (secondary N) is 1. The monoisotopic (exact) mass is 262 g/mol. The summed E-state index contributed by atoms with van der Waals surface area (Å²) in [6.07, 6.45) is 5.37. The lowest BCUT2D eigenvalue weighted by atomic mass is 9.93. The van der Waals surface area contributed by atoms with Gasteiger partial charge in [-0.25, -0.2) is 0 Å². The number of nitrogens with zero attached hydrogens (tertiary/aromatic N) is 3. The fourth-order valence-corrected chi connectivity index (χ4v) is 3.10. The summed E-state index contributed by atoms with van der Waals surface area (Å²) in [5.74, 6) is -0.00677. The predicted octanol–water partition coefficient (Wildman–Crippen LogP) is 0.191. The fraction of sp³-hybridized carbons (Fsp3) is 0.615. The molecular formula is C13H18N4O2.